The van der Waals surface area contributed by atoms with Crippen LogP contribution < -0.4 is 0 Å². The highest BCUT2D eigenvalue weighted by Crippen LogP contribution is 2.29. The second-order valence-electron chi connectivity index (χ2n) is 6.34. The number of rotatable bonds is 2. The summed E-state index contributed by atoms with van der Waals surface area (Å²) in [5.74, 6) is 0. The molecule has 0 spiro atoms. The summed E-state index contributed by atoms with van der Waals surface area (Å²) in [5, 5.41) is 9.98. The van der Waals surface area contributed by atoms with Gasteiger partial charge in [-0.1, -0.05) is 23.2 Å². The summed E-state index contributed by atoms with van der Waals surface area (Å²) in [6.07, 6.45) is -0.903. The first-order chi connectivity index (χ1) is 10.7. The number of aliphatic hydroxyl groups excluding tert-OH is 1. The summed E-state index contributed by atoms with van der Waals surface area (Å²) in [7, 11) is 0. The molecule has 0 aliphatic carbocycles. The summed E-state index contributed by atoms with van der Waals surface area (Å²) in [6.45, 7) is 5.59. The monoisotopic (exact) mass is 362 g/mol. The van der Waals surface area contributed by atoms with Crippen molar-refractivity contribution in [3.63, 3.8) is 0 Å². The fourth-order valence-electron chi connectivity index (χ4n) is 2.26. The van der Waals surface area contributed by atoms with Crippen molar-refractivity contribution < 1.29 is 19.4 Å². The Hall–Kier alpha value is -1.08. The Bertz CT molecular complexity index is 557. The van der Waals surface area contributed by atoms with Crippen molar-refractivity contribution in [2.45, 2.75) is 38.5 Å². The van der Waals surface area contributed by atoms with Crippen molar-refractivity contribution in [2.24, 2.45) is 0 Å². The number of pyridine rings is 1. The van der Waals surface area contributed by atoms with E-state index in [0.717, 1.165) is 5.56 Å². The van der Waals surface area contributed by atoms with E-state index in [-0.39, 0.29) is 30.1 Å². The third-order valence-corrected chi connectivity index (χ3v) is 3.68. The predicted molar refractivity (Wildman–Crippen MR) is 86.8 cm³/mol. The molecular formula is C15H20Cl2N2O4. The number of ether oxygens (including phenoxy) is 2. The molecule has 1 saturated heterocycles. The molecule has 0 aromatic carbocycles. The van der Waals surface area contributed by atoms with Gasteiger partial charge in [-0.15, -0.1) is 0 Å². The van der Waals surface area contributed by atoms with Gasteiger partial charge in [0, 0.05) is 0 Å². The molecule has 2 unspecified atom stereocenters. The number of carbonyl (C=O) groups is 1. The molecule has 8 heteroatoms. The molecule has 0 bridgehead atoms. The number of morpholine rings is 1. The fourth-order valence-corrected chi connectivity index (χ4v) is 2.74. The van der Waals surface area contributed by atoms with Gasteiger partial charge in [0.05, 0.1) is 25.8 Å². The molecule has 1 N–H and O–H groups in total. The lowest BCUT2D eigenvalue weighted by Gasteiger charge is -2.39. The van der Waals surface area contributed by atoms with Gasteiger partial charge in [-0.2, -0.15) is 0 Å². The van der Waals surface area contributed by atoms with Crippen LogP contribution in [0.15, 0.2) is 12.1 Å². The quantitative estimate of drug-likeness (QED) is 0.818. The van der Waals surface area contributed by atoms with Crippen molar-refractivity contribution in [3.8, 4) is 0 Å². The van der Waals surface area contributed by atoms with E-state index in [4.69, 9.17) is 32.7 Å². The molecule has 2 atom stereocenters. The SMILES string of the molecule is CC(C)(C)OC(=O)N1CC(c2cc(Cl)nc(Cl)c2)OCC1CO. The van der Waals surface area contributed by atoms with Gasteiger partial charge < -0.3 is 14.6 Å². The minimum Gasteiger partial charge on any atom is -0.444 e. The summed E-state index contributed by atoms with van der Waals surface area (Å²) in [5.41, 5.74) is 0.105. The van der Waals surface area contributed by atoms with E-state index in [1.165, 1.54) is 4.90 Å². The number of amides is 1. The fraction of sp³-hybridized carbons (Fsp3) is 0.600. The van der Waals surface area contributed by atoms with Crippen LogP contribution in [0.25, 0.3) is 0 Å². The van der Waals surface area contributed by atoms with Gasteiger partial charge in [-0.05, 0) is 38.5 Å². The molecule has 1 aromatic heterocycles. The van der Waals surface area contributed by atoms with Crippen LogP contribution in [0, 0.1) is 0 Å². The van der Waals surface area contributed by atoms with Crippen LogP contribution in [-0.4, -0.2) is 52.5 Å². The van der Waals surface area contributed by atoms with E-state index in [1.54, 1.807) is 32.9 Å². The third-order valence-electron chi connectivity index (χ3n) is 3.29. The molecule has 1 fully saturated rings. The number of aromatic nitrogens is 1. The van der Waals surface area contributed by atoms with Crippen LogP contribution in [-0.2, 0) is 9.47 Å². The molecule has 0 radical (unpaired) electrons. The van der Waals surface area contributed by atoms with Gasteiger partial charge in [0.1, 0.15) is 22.0 Å². The van der Waals surface area contributed by atoms with E-state index < -0.39 is 23.8 Å². The molecule has 1 aromatic rings. The maximum atomic E-state index is 12.4. The van der Waals surface area contributed by atoms with E-state index in [9.17, 15) is 9.90 Å². The highest BCUT2D eigenvalue weighted by molar-refractivity contribution is 6.32. The summed E-state index contributed by atoms with van der Waals surface area (Å²) in [6, 6.07) is 2.84. The highest BCUT2D eigenvalue weighted by Gasteiger charge is 2.35. The Labute approximate surface area is 145 Å². The first kappa shape index (κ1) is 18.3. The van der Waals surface area contributed by atoms with Crippen molar-refractivity contribution in [1.82, 2.24) is 9.88 Å². The predicted octanol–water partition coefficient (Wildman–Crippen LogP) is 3.06. The number of nitrogens with zero attached hydrogens (tertiary/aromatic N) is 2. The van der Waals surface area contributed by atoms with Gasteiger partial charge in [-0.25, -0.2) is 9.78 Å². The van der Waals surface area contributed by atoms with Gasteiger partial charge >= 0.3 is 6.09 Å². The van der Waals surface area contributed by atoms with E-state index in [0.29, 0.717) is 0 Å². The maximum Gasteiger partial charge on any atom is 0.410 e. The second kappa shape index (κ2) is 7.21. The lowest BCUT2D eigenvalue weighted by molar-refractivity contribution is -0.0817. The zero-order valence-corrected chi connectivity index (χ0v) is 14.8. The Morgan fingerprint density at radius 1 is 1.43 bits per heavy atom. The minimum absolute atomic E-state index is 0.192. The topological polar surface area (TPSA) is 71.9 Å². The molecule has 0 saturated carbocycles. The van der Waals surface area contributed by atoms with E-state index >= 15 is 0 Å². The average Bonchev–Trinajstić information content (AvgIpc) is 2.43. The lowest BCUT2D eigenvalue weighted by Crippen LogP contribution is -2.52. The molecule has 128 valence electrons. The van der Waals surface area contributed by atoms with Crippen LogP contribution in [0.1, 0.15) is 32.4 Å². The summed E-state index contributed by atoms with van der Waals surface area (Å²) >= 11 is 11.8. The van der Waals surface area contributed by atoms with Crippen molar-refractivity contribution in [3.05, 3.63) is 28.0 Å². The number of aliphatic hydroxyl groups is 1. The molecule has 2 rings (SSSR count). The number of carbonyl (C=O) groups excluding carboxylic acids is 1. The minimum atomic E-state index is -0.617. The Morgan fingerprint density at radius 3 is 2.57 bits per heavy atom. The smallest absolute Gasteiger partial charge is 0.410 e. The van der Waals surface area contributed by atoms with Gasteiger partial charge in [-0.3, -0.25) is 4.90 Å². The van der Waals surface area contributed by atoms with Crippen LogP contribution in [0.2, 0.25) is 10.3 Å². The van der Waals surface area contributed by atoms with E-state index in [1.807, 2.05) is 0 Å². The zero-order valence-electron chi connectivity index (χ0n) is 13.3. The lowest BCUT2D eigenvalue weighted by atomic mass is 10.1. The zero-order chi connectivity index (χ0) is 17.2. The third kappa shape index (κ3) is 4.94. The van der Waals surface area contributed by atoms with Crippen LogP contribution in [0.4, 0.5) is 4.79 Å². The Balaban J connectivity index is 2.18. The first-order valence-corrected chi connectivity index (χ1v) is 8.00. The largest absolute Gasteiger partial charge is 0.444 e. The maximum absolute atomic E-state index is 12.4. The van der Waals surface area contributed by atoms with E-state index in [2.05, 4.69) is 4.98 Å². The van der Waals surface area contributed by atoms with Crippen molar-refractivity contribution in [2.75, 3.05) is 19.8 Å². The number of halogens is 2. The standard InChI is InChI=1S/C15H20Cl2N2O4/c1-15(2,3)23-14(21)19-6-11(22-8-10(19)7-20)9-4-12(16)18-13(17)5-9/h4-5,10-11,20H,6-8H2,1-3H3. The molecule has 1 amide bonds. The molecule has 1 aliphatic heterocycles. The Kier molecular flexibility index (Phi) is 5.73. The molecule has 6 nitrogen and oxygen atoms in total. The first-order valence-electron chi connectivity index (χ1n) is 7.24. The molecular weight excluding hydrogens is 343 g/mol. The van der Waals surface area contributed by atoms with Gasteiger partial charge in [0.25, 0.3) is 0 Å². The molecule has 1 aliphatic rings. The van der Waals surface area contributed by atoms with Gasteiger partial charge in [0.2, 0.25) is 0 Å². The number of hydrogen-bond donors (Lipinski definition) is 1. The second-order valence-corrected chi connectivity index (χ2v) is 7.11. The van der Waals surface area contributed by atoms with Crippen molar-refractivity contribution in [1.29, 1.82) is 0 Å². The number of hydrogen-bond acceptors (Lipinski definition) is 5. The normalized spacial score (nSPS) is 22.1. The average molecular weight is 363 g/mol. The molecule has 23 heavy (non-hydrogen) atoms. The molecule has 2 heterocycles. The van der Waals surface area contributed by atoms with Crippen LogP contribution >= 0.6 is 23.2 Å². The summed E-state index contributed by atoms with van der Waals surface area (Å²) in [4.78, 5) is 17.7. The summed E-state index contributed by atoms with van der Waals surface area (Å²) < 4.78 is 11.1. The van der Waals surface area contributed by atoms with Crippen LogP contribution in [0.5, 0.6) is 0 Å². The van der Waals surface area contributed by atoms with Crippen molar-refractivity contribution >= 4 is 29.3 Å². The highest BCUT2D eigenvalue weighted by atomic mass is 35.5. The van der Waals surface area contributed by atoms with Gasteiger partial charge in [0.15, 0.2) is 0 Å². The van der Waals surface area contributed by atoms with Crippen LogP contribution in [0.3, 0.4) is 0 Å². The Morgan fingerprint density at radius 2 is 2.04 bits per heavy atom.